The van der Waals surface area contributed by atoms with E-state index in [1.165, 1.54) is 5.56 Å². The van der Waals surface area contributed by atoms with Crippen molar-refractivity contribution in [3.05, 3.63) is 35.9 Å². The van der Waals surface area contributed by atoms with Crippen molar-refractivity contribution in [2.45, 2.75) is 32.0 Å². The average molecular weight is 236 g/mol. The fraction of sp³-hybridized carbons (Fsp3) is 0.571. The molecule has 0 saturated heterocycles. The topological polar surface area (TPSA) is 38.5 Å². The first kappa shape index (κ1) is 14.2. The number of nitrogens with zero attached hydrogens (tertiary/aromatic N) is 1. The highest BCUT2D eigenvalue weighted by Crippen LogP contribution is 2.21. The third kappa shape index (κ3) is 3.28. The van der Waals surface area contributed by atoms with Crippen LogP contribution in [0.3, 0.4) is 0 Å². The van der Waals surface area contributed by atoms with Crippen LogP contribution in [0.1, 0.15) is 19.4 Å². The minimum absolute atomic E-state index is 0.0983. The molecule has 17 heavy (non-hydrogen) atoms. The summed E-state index contributed by atoms with van der Waals surface area (Å²) in [7, 11) is 3.82. The molecule has 3 heteroatoms. The molecule has 0 saturated carbocycles. The zero-order valence-corrected chi connectivity index (χ0v) is 11.3. The van der Waals surface area contributed by atoms with E-state index in [-0.39, 0.29) is 11.6 Å². The highest BCUT2D eigenvalue weighted by atomic mass is 16.5. The quantitative estimate of drug-likeness (QED) is 0.819. The summed E-state index contributed by atoms with van der Waals surface area (Å²) in [5, 5.41) is 0. The van der Waals surface area contributed by atoms with Gasteiger partial charge in [0.1, 0.15) is 0 Å². The van der Waals surface area contributed by atoms with Crippen molar-refractivity contribution in [3.8, 4) is 0 Å². The Hall–Kier alpha value is -0.900. The Morgan fingerprint density at radius 3 is 2.41 bits per heavy atom. The second-order valence-corrected chi connectivity index (χ2v) is 4.78. The number of hydrogen-bond donors (Lipinski definition) is 1. The van der Waals surface area contributed by atoms with E-state index in [0.717, 1.165) is 6.54 Å². The van der Waals surface area contributed by atoms with E-state index in [1.807, 2.05) is 6.07 Å². The first-order valence-electron chi connectivity index (χ1n) is 6.02. The van der Waals surface area contributed by atoms with Crippen LogP contribution in [0.15, 0.2) is 30.3 Å². The summed E-state index contributed by atoms with van der Waals surface area (Å²) in [6.07, 6.45) is 0.0983. The Kier molecular flexibility index (Phi) is 5.12. The van der Waals surface area contributed by atoms with Crippen molar-refractivity contribution >= 4 is 0 Å². The highest BCUT2D eigenvalue weighted by Gasteiger charge is 2.34. The molecule has 2 N–H and O–H groups in total. The lowest BCUT2D eigenvalue weighted by molar-refractivity contribution is -0.0230. The molecule has 0 heterocycles. The largest absolute Gasteiger partial charge is 0.380 e. The van der Waals surface area contributed by atoms with Gasteiger partial charge in [-0.05, 0) is 26.5 Å². The number of rotatable bonds is 6. The standard InChI is InChI=1S/C14H24N2O/c1-12(17-4)14(2,11-15)16(3)10-13-8-6-5-7-9-13/h5-9,12H,10-11,15H2,1-4H3. The zero-order chi connectivity index (χ0) is 12.9. The van der Waals surface area contributed by atoms with Gasteiger partial charge in [0.05, 0.1) is 11.6 Å². The van der Waals surface area contributed by atoms with Gasteiger partial charge in [0.25, 0.3) is 0 Å². The van der Waals surface area contributed by atoms with Crippen LogP contribution in [0.25, 0.3) is 0 Å². The molecule has 1 rings (SSSR count). The van der Waals surface area contributed by atoms with Gasteiger partial charge in [-0.2, -0.15) is 0 Å². The number of nitrogens with two attached hydrogens (primary N) is 1. The minimum atomic E-state index is -0.148. The van der Waals surface area contributed by atoms with Crippen LogP contribution in [0.2, 0.25) is 0 Å². The minimum Gasteiger partial charge on any atom is -0.380 e. The van der Waals surface area contributed by atoms with Gasteiger partial charge in [-0.15, -0.1) is 0 Å². The van der Waals surface area contributed by atoms with Crippen LogP contribution >= 0.6 is 0 Å². The van der Waals surface area contributed by atoms with Crippen LogP contribution in [0, 0.1) is 0 Å². The average Bonchev–Trinajstić information content (AvgIpc) is 2.37. The highest BCUT2D eigenvalue weighted by molar-refractivity contribution is 5.15. The van der Waals surface area contributed by atoms with Gasteiger partial charge in [-0.3, -0.25) is 4.90 Å². The molecule has 0 aliphatic rings. The number of hydrogen-bond acceptors (Lipinski definition) is 3. The van der Waals surface area contributed by atoms with Crippen LogP contribution in [-0.4, -0.2) is 37.2 Å². The van der Waals surface area contributed by atoms with Crippen molar-refractivity contribution in [1.29, 1.82) is 0 Å². The fourth-order valence-electron chi connectivity index (χ4n) is 1.92. The summed E-state index contributed by atoms with van der Waals surface area (Å²) < 4.78 is 5.44. The van der Waals surface area contributed by atoms with Crippen LogP contribution < -0.4 is 5.73 Å². The molecule has 0 aliphatic carbocycles. The van der Waals surface area contributed by atoms with E-state index in [1.54, 1.807) is 7.11 Å². The van der Waals surface area contributed by atoms with Gasteiger partial charge >= 0.3 is 0 Å². The first-order chi connectivity index (χ1) is 8.04. The van der Waals surface area contributed by atoms with Gasteiger partial charge in [0, 0.05) is 20.2 Å². The monoisotopic (exact) mass is 236 g/mol. The lowest BCUT2D eigenvalue weighted by Gasteiger charge is -2.42. The molecule has 0 bridgehead atoms. The molecular weight excluding hydrogens is 212 g/mol. The summed E-state index contributed by atoms with van der Waals surface area (Å²) in [4.78, 5) is 2.26. The number of methoxy groups -OCH3 is 1. The van der Waals surface area contributed by atoms with Crippen molar-refractivity contribution in [2.75, 3.05) is 20.7 Å². The molecule has 2 atom stereocenters. The molecule has 96 valence electrons. The molecule has 0 aromatic heterocycles. The van der Waals surface area contributed by atoms with E-state index in [2.05, 4.69) is 50.1 Å². The third-order valence-corrected chi connectivity index (χ3v) is 3.78. The van der Waals surface area contributed by atoms with Gasteiger partial charge in [0.2, 0.25) is 0 Å². The third-order valence-electron chi connectivity index (χ3n) is 3.78. The van der Waals surface area contributed by atoms with Gasteiger partial charge in [0.15, 0.2) is 0 Å². The molecule has 1 aromatic carbocycles. The predicted octanol–water partition coefficient (Wildman–Crippen LogP) is 1.87. The molecule has 2 unspecified atom stereocenters. The number of benzene rings is 1. The Labute approximate surface area is 105 Å². The maximum Gasteiger partial charge on any atom is 0.0736 e. The molecule has 0 spiro atoms. The Morgan fingerprint density at radius 2 is 1.94 bits per heavy atom. The Morgan fingerprint density at radius 1 is 1.35 bits per heavy atom. The van der Waals surface area contributed by atoms with Gasteiger partial charge < -0.3 is 10.5 Å². The maximum absolute atomic E-state index is 5.92. The smallest absolute Gasteiger partial charge is 0.0736 e. The van der Waals surface area contributed by atoms with E-state index in [4.69, 9.17) is 10.5 Å². The van der Waals surface area contributed by atoms with E-state index >= 15 is 0 Å². The normalized spacial score (nSPS) is 16.8. The van der Waals surface area contributed by atoms with Crippen LogP contribution in [0.4, 0.5) is 0 Å². The second-order valence-electron chi connectivity index (χ2n) is 4.78. The zero-order valence-electron chi connectivity index (χ0n) is 11.3. The summed E-state index contributed by atoms with van der Waals surface area (Å²) in [5.74, 6) is 0. The summed E-state index contributed by atoms with van der Waals surface area (Å²) in [5.41, 5.74) is 7.06. The summed E-state index contributed by atoms with van der Waals surface area (Å²) >= 11 is 0. The van der Waals surface area contributed by atoms with E-state index in [9.17, 15) is 0 Å². The number of likely N-dealkylation sites (N-methyl/N-ethyl adjacent to an activating group) is 1. The second kappa shape index (κ2) is 6.15. The van der Waals surface area contributed by atoms with E-state index in [0.29, 0.717) is 6.54 Å². The summed E-state index contributed by atoms with van der Waals surface area (Å²) in [6.45, 7) is 5.66. The van der Waals surface area contributed by atoms with Crippen molar-refractivity contribution < 1.29 is 4.74 Å². The van der Waals surface area contributed by atoms with Crippen LogP contribution in [0.5, 0.6) is 0 Å². The SMILES string of the molecule is COC(C)C(C)(CN)N(C)Cc1ccccc1. The lowest BCUT2D eigenvalue weighted by atomic mass is 9.93. The maximum atomic E-state index is 5.92. The molecule has 1 aromatic rings. The fourth-order valence-corrected chi connectivity index (χ4v) is 1.92. The van der Waals surface area contributed by atoms with Crippen molar-refractivity contribution in [1.82, 2.24) is 4.90 Å². The molecular formula is C14H24N2O. The van der Waals surface area contributed by atoms with Gasteiger partial charge in [-0.1, -0.05) is 30.3 Å². The first-order valence-corrected chi connectivity index (χ1v) is 6.02. The molecule has 3 nitrogen and oxygen atoms in total. The lowest BCUT2D eigenvalue weighted by Crippen LogP contribution is -2.57. The molecule has 0 fully saturated rings. The van der Waals surface area contributed by atoms with Crippen molar-refractivity contribution in [3.63, 3.8) is 0 Å². The molecule has 0 aliphatic heterocycles. The number of ether oxygens (including phenoxy) is 1. The van der Waals surface area contributed by atoms with Gasteiger partial charge in [-0.25, -0.2) is 0 Å². The Balaban J connectivity index is 2.77. The summed E-state index contributed by atoms with van der Waals surface area (Å²) in [6, 6.07) is 10.4. The molecule has 0 radical (unpaired) electrons. The molecule has 0 amide bonds. The predicted molar refractivity (Wildman–Crippen MR) is 71.8 cm³/mol. The van der Waals surface area contributed by atoms with Crippen molar-refractivity contribution in [2.24, 2.45) is 5.73 Å². The van der Waals surface area contributed by atoms with E-state index < -0.39 is 0 Å². The Bertz CT molecular complexity index is 328. The van der Waals surface area contributed by atoms with Crippen LogP contribution in [-0.2, 0) is 11.3 Å².